The Bertz CT molecular complexity index is 1470. The zero-order valence-electron chi connectivity index (χ0n) is 18.9. The van der Waals surface area contributed by atoms with Crippen LogP contribution in [0, 0.1) is 10.1 Å². The number of nitro benzene ring substituents is 1. The van der Waals surface area contributed by atoms with Gasteiger partial charge in [-0.1, -0.05) is 24.3 Å². The molecule has 2 heterocycles. The second-order valence-electron chi connectivity index (χ2n) is 7.44. The number of ether oxygens (including phenoxy) is 2. The van der Waals surface area contributed by atoms with Gasteiger partial charge in [-0.25, -0.2) is 4.68 Å². The number of hydrogen-bond acceptors (Lipinski definition) is 8. The number of carbonyl (C=O) groups excluding carboxylic acids is 1. The smallest absolute Gasteiger partial charge is 0.286 e. The van der Waals surface area contributed by atoms with Gasteiger partial charge in [0.1, 0.15) is 5.56 Å². The van der Waals surface area contributed by atoms with Gasteiger partial charge >= 0.3 is 0 Å². The number of pyridine rings is 1. The first-order chi connectivity index (χ1) is 16.9. The fourth-order valence-electron chi connectivity index (χ4n) is 3.65. The summed E-state index contributed by atoms with van der Waals surface area (Å²) in [6.45, 7) is 0.0694. The molecule has 11 nitrogen and oxygen atoms in total. The van der Waals surface area contributed by atoms with Crippen LogP contribution < -0.4 is 20.3 Å². The number of methoxy groups -OCH3 is 2. The predicted molar refractivity (Wildman–Crippen MR) is 127 cm³/mol. The number of aromatic nitrogens is 3. The van der Waals surface area contributed by atoms with Crippen LogP contribution in [0.25, 0.3) is 10.8 Å². The number of benzene rings is 2. The molecule has 0 saturated heterocycles. The van der Waals surface area contributed by atoms with Crippen molar-refractivity contribution in [2.45, 2.75) is 13.1 Å². The van der Waals surface area contributed by atoms with Crippen LogP contribution in [0.5, 0.6) is 11.5 Å². The number of nitro groups is 1. The molecule has 0 bridgehead atoms. The van der Waals surface area contributed by atoms with Gasteiger partial charge in [0.15, 0.2) is 11.5 Å². The molecule has 0 aliphatic heterocycles. The zero-order valence-corrected chi connectivity index (χ0v) is 18.9. The summed E-state index contributed by atoms with van der Waals surface area (Å²) < 4.78 is 11.6. The van der Waals surface area contributed by atoms with Crippen molar-refractivity contribution in [1.29, 1.82) is 0 Å². The lowest BCUT2D eigenvalue weighted by Crippen LogP contribution is -2.29. The summed E-state index contributed by atoms with van der Waals surface area (Å²) in [5.74, 6) is -0.397. The average molecular weight is 475 g/mol. The van der Waals surface area contributed by atoms with E-state index in [4.69, 9.17) is 9.47 Å². The molecular weight excluding hydrogens is 454 g/mol. The quantitative estimate of drug-likeness (QED) is 0.303. The predicted octanol–water partition coefficient (Wildman–Crippen LogP) is 2.70. The molecule has 1 amide bonds. The lowest BCUT2D eigenvalue weighted by Gasteiger charge is -2.13. The van der Waals surface area contributed by atoms with Crippen LogP contribution >= 0.6 is 0 Å². The van der Waals surface area contributed by atoms with E-state index in [-0.39, 0.29) is 35.7 Å². The summed E-state index contributed by atoms with van der Waals surface area (Å²) in [5, 5.41) is 19.7. The minimum absolute atomic E-state index is 0.0760. The van der Waals surface area contributed by atoms with E-state index in [1.165, 1.54) is 25.0 Å². The van der Waals surface area contributed by atoms with Crippen molar-refractivity contribution in [3.63, 3.8) is 0 Å². The fourth-order valence-corrected chi connectivity index (χ4v) is 3.65. The Morgan fingerprint density at radius 1 is 1.06 bits per heavy atom. The molecule has 0 unspecified atom stereocenters. The molecular formula is C24H21N5O6. The Kier molecular flexibility index (Phi) is 6.67. The van der Waals surface area contributed by atoms with E-state index in [1.807, 2.05) is 6.07 Å². The van der Waals surface area contributed by atoms with E-state index in [0.717, 1.165) is 6.07 Å². The number of nitrogens with one attached hydrogen (secondary N) is 1. The molecule has 2 aromatic carbocycles. The highest BCUT2D eigenvalue weighted by Gasteiger charge is 2.25. The molecule has 35 heavy (non-hydrogen) atoms. The molecule has 1 N–H and O–H groups in total. The molecule has 0 fully saturated rings. The number of hydrogen-bond donors (Lipinski definition) is 1. The van der Waals surface area contributed by atoms with Crippen LogP contribution in [0.3, 0.4) is 0 Å². The largest absolute Gasteiger partial charge is 0.493 e. The van der Waals surface area contributed by atoms with Crippen molar-refractivity contribution in [3.05, 3.63) is 98.2 Å². The van der Waals surface area contributed by atoms with Crippen LogP contribution in [-0.4, -0.2) is 39.8 Å². The molecule has 2 aromatic heterocycles. The van der Waals surface area contributed by atoms with E-state index in [2.05, 4.69) is 15.4 Å². The SMILES string of the molecule is COc1cc(C(=O)NCc2nn(Cc3ccccn3)c(=O)c3ccccc23)c([N+](=O)[O-])cc1OC. The molecule has 11 heteroatoms. The van der Waals surface area contributed by atoms with Gasteiger partial charge in [-0.15, -0.1) is 0 Å². The number of fused-ring (bicyclic) bond motifs is 1. The molecule has 4 rings (SSSR count). The Labute approximate surface area is 199 Å². The highest BCUT2D eigenvalue weighted by molar-refractivity contribution is 5.99. The molecule has 178 valence electrons. The molecule has 0 spiro atoms. The molecule has 0 radical (unpaired) electrons. The van der Waals surface area contributed by atoms with E-state index < -0.39 is 16.5 Å². The average Bonchev–Trinajstić information content (AvgIpc) is 2.89. The minimum atomic E-state index is -0.703. The summed E-state index contributed by atoms with van der Waals surface area (Å²) in [5.41, 5.74) is 0.148. The van der Waals surface area contributed by atoms with Gasteiger partial charge < -0.3 is 14.8 Å². The van der Waals surface area contributed by atoms with Crippen LogP contribution in [0.2, 0.25) is 0 Å². The number of rotatable bonds is 8. The van der Waals surface area contributed by atoms with Crippen molar-refractivity contribution in [2.75, 3.05) is 14.2 Å². The number of carbonyl (C=O) groups is 1. The zero-order chi connectivity index (χ0) is 24.9. The van der Waals surface area contributed by atoms with E-state index in [0.29, 0.717) is 22.2 Å². The maximum atomic E-state index is 13.0. The van der Waals surface area contributed by atoms with Crippen LogP contribution in [0.4, 0.5) is 5.69 Å². The Balaban J connectivity index is 1.69. The van der Waals surface area contributed by atoms with Gasteiger partial charge in [-0.3, -0.25) is 24.7 Å². The van der Waals surface area contributed by atoms with E-state index in [1.54, 1.807) is 42.6 Å². The monoisotopic (exact) mass is 475 g/mol. The van der Waals surface area contributed by atoms with Crippen LogP contribution in [0.15, 0.2) is 65.6 Å². The molecule has 0 aliphatic carbocycles. The maximum absolute atomic E-state index is 13.0. The first-order valence-corrected chi connectivity index (χ1v) is 10.5. The first kappa shape index (κ1) is 23.4. The van der Waals surface area contributed by atoms with Gasteiger partial charge in [-0.05, 0) is 18.2 Å². The Morgan fingerprint density at radius 2 is 1.74 bits per heavy atom. The molecule has 0 atom stereocenters. The van der Waals surface area contributed by atoms with Gasteiger partial charge in [0.2, 0.25) is 0 Å². The fraction of sp³-hybridized carbons (Fsp3) is 0.167. The van der Waals surface area contributed by atoms with Crippen LogP contribution in [-0.2, 0) is 13.1 Å². The lowest BCUT2D eigenvalue weighted by atomic mass is 10.1. The normalized spacial score (nSPS) is 10.7. The molecule has 4 aromatic rings. The minimum Gasteiger partial charge on any atom is -0.493 e. The third-order valence-corrected chi connectivity index (χ3v) is 5.34. The summed E-state index contributed by atoms with van der Waals surface area (Å²) >= 11 is 0. The molecule has 0 saturated carbocycles. The second-order valence-corrected chi connectivity index (χ2v) is 7.44. The summed E-state index contributed by atoms with van der Waals surface area (Å²) in [6.07, 6.45) is 1.62. The van der Waals surface area contributed by atoms with Crippen LogP contribution in [0.1, 0.15) is 21.7 Å². The summed E-state index contributed by atoms with van der Waals surface area (Å²) in [4.78, 5) is 41.1. The maximum Gasteiger partial charge on any atom is 0.286 e. The number of nitrogens with zero attached hydrogens (tertiary/aromatic N) is 4. The summed E-state index contributed by atoms with van der Waals surface area (Å²) in [6, 6.07) is 14.7. The summed E-state index contributed by atoms with van der Waals surface area (Å²) in [7, 11) is 2.71. The topological polar surface area (TPSA) is 138 Å². The number of amides is 1. The Morgan fingerprint density at radius 3 is 2.40 bits per heavy atom. The highest BCUT2D eigenvalue weighted by Crippen LogP contribution is 2.34. The first-order valence-electron chi connectivity index (χ1n) is 10.5. The third kappa shape index (κ3) is 4.78. The third-order valence-electron chi connectivity index (χ3n) is 5.34. The Hall–Kier alpha value is -4.80. The van der Waals surface area contributed by atoms with Crippen molar-refractivity contribution in [2.24, 2.45) is 0 Å². The molecule has 0 aliphatic rings. The lowest BCUT2D eigenvalue weighted by molar-refractivity contribution is -0.385. The van der Waals surface area contributed by atoms with Gasteiger partial charge in [0.05, 0.1) is 55.1 Å². The van der Waals surface area contributed by atoms with Crippen molar-refractivity contribution >= 4 is 22.4 Å². The highest BCUT2D eigenvalue weighted by atomic mass is 16.6. The van der Waals surface area contributed by atoms with E-state index >= 15 is 0 Å². The second kappa shape index (κ2) is 10.00. The van der Waals surface area contributed by atoms with E-state index in [9.17, 15) is 19.7 Å². The van der Waals surface area contributed by atoms with Gasteiger partial charge in [0.25, 0.3) is 17.2 Å². The van der Waals surface area contributed by atoms with Crippen molar-refractivity contribution in [3.8, 4) is 11.5 Å². The van der Waals surface area contributed by atoms with Crippen molar-refractivity contribution in [1.82, 2.24) is 20.1 Å². The standard InChI is InChI=1S/C24H21N5O6/c1-34-21-11-18(20(29(32)33)12-22(21)35-2)23(30)26-13-19-16-8-3-4-9-17(16)24(31)28(27-19)14-15-7-5-6-10-25-15/h3-12H,13-14H2,1-2H3,(H,26,30). The van der Waals surface area contributed by atoms with Crippen molar-refractivity contribution < 1.29 is 19.2 Å². The van der Waals surface area contributed by atoms with Gasteiger partial charge in [-0.2, -0.15) is 5.10 Å². The van der Waals surface area contributed by atoms with Gasteiger partial charge in [0, 0.05) is 17.6 Å².